The van der Waals surface area contributed by atoms with E-state index in [1.807, 2.05) is 17.7 Å². The van der Waals surface area contributed by atoms with Crippen molar-refractivity contribution >= 4 is 38.8 Å². The lowest BCUT2D eigenvalue weighted by atomic mass is 9.88. The van der Waals surface area contributed by atoms with Crippen LogP contribution >= 0.6 is 0 Å². The first-order chi connectivity index (χ1) is 20.5. The predicted molar refractivity (Wildman–Crippen MR) is 163 cm³/mol. The molecule has 3 N–H and O–H groups in total. The quantitative estimate of drug-likeness (QED) is 0.328. The molecule has 2 heterocycles. The fourth-order valence-corrected chi connectivity index (χ4v) is 5.96. The summed E-state index contributed by atoms with van der Waals surface area (Å²) in [5.41, 5.74) is -0.878. The van der Waals surface area contributed by atoms with Gasteiger partial charge in [-0.3, -0.25) is 19.4 Å². The lowest BCUT2D eigenvalue weighted by molar-refractivity contribution is -0.150. The number of aliphatic hydroxyl groups is 1. The zero-order valence-electron chi connectivity index (χ0n) is 26.1. The first-order valence-corrected chi connectivity index (χ1v) is 15.7. The van der Waals surface area contributed by atoms with Gasteiger partial charge in [-0.05, 0) is 37.0 Å². The van der Waals surface area contributed by atoms with Crippen molar-refractivity contribution in [3.63, 3.8) is 0 Å². The molecule has 1 aliphatic carbocycles. The van der Waals surface area contributed by atoms with Gasteiger partial charge >= 0.3 is 10.2 Å². The topological polar surface area (TPSA) is 167 Å². The van der Waals surface area contributed by atoms with Crippen molar-refractivity contribution in [3.05, 3.63) is 42.6 Å². The number of carbonyl (C=O) groups is 3. The molecule has 0 unspecified atom stereocenters. The Bertz CT molecular complexity index is 1590. The third-order valence-corrected chi connectivity index (χ3v) is 9.65. The first kappa shape index (κ1) is 33.1. The molecule has 1 aliphatic heterocycles. The molecule has 5 atom stereocenters. The summed E-state index contributed by atoms with van der Waals surface area (Å²) in [6, 6.07) is 4.21. The summed E-state index contributed by atoms with van der Waals surface area (Å²) in [5.74, 6) is -1.60. The Morgan fingerprint density at radius 1 is 1.23 bits per heavy atom. The number of carbonyl (C=O) groups excluding carboxylic acids is 3. The number of nitrogens with one attached hydrogen (secondary N) is 2. The van der Waals surface area contributed by atoms with Crippen molar-refractivity contribution < 1.29 is 37.4 Å². The molecule has 1 aromatic heterocycles. The number of aromatic nitrogens is 1. The van der Waals surface area contributed by atoms with Crippen molar-refractivity contribution in [2.75, 3.05) is 27.7 Å². The van der Waals surface area contributed by atoms with E-state index in [9.17, 15) is 27.9 Å². The molecule has 0 radical (unpaired) electrons. The molecule has 0 spiro atoms. The van der Waals surface area contributed by atoms with E-state index in [4.69, 9.17) is 9.47 Å². The van der Waals surface area contributed by atoms with Gasteiger partial charge in [-0.25, -0.2) is 4.72 Å². The molecule has 2 fully saturated rings. The zero-order chi connectivity index (χ0) is 32.8. The van der Waals surface area contributed by atoms with Crippen LogP contribution in [0.3, 0.4) is 0 Å². The maximum absolute atomic E-state index is 13.8. The monoisotopic (exact) mass is 631 g/mol. The van der Waals surface area contributed by atoms with Gasteiger partial charge in [-0.15, -0.1) is 6.58 Å². The van der Waals surface area contributed by atoms with Gasteiger partial charge in [0, 0.05) is 43.6 Å². The van der Waals surface area contributed by atoms with E-state index in [1.54, 1.807) is 46.2 Å². The third-order valence-electron chi connectivity index (χ3n) is 8.25. The summed E-state index contributed by atoms with van der Waals surface area (Å²) >= 11 is 0. The average Bonchev–Trinajstić information content (AvgIpc) is 3.51. The van der Waals surface area contributed by atoms with E-state index >= 15 is 0 Å². The molecule has 0 bridgehead atoms. The van der Waals surface area contributed by atoms with Crippen LogP contribution in [0.4, 0.5) is 0 Å². The van der Waals surface area contributed by atoms with Crippen LogP contribution in [-0.2, 0) is 24.6 Å². The summed E-state index contributed by atoms with van der Waals surface area (Å²) in [6.07, 6.45) is 1.19. The van der Waals surface area contributed by atoms with Crippen LogP contribution in [0.25, 0.3) is 10.9 Å². The van der Waals surface area contributed by atoms with Crippen LogP contribution in [0.15, 0.2) is 37.1 Å². The number of aryl methyl sites for hydroxylation is 1. The normalized spacial score (nSPS) is 24.1. The van der Waals surface area contributed by atoms with Crippen molar-refractivity contribution in [2.45, 2.75) is 64.3 Å². The second kappa shape index (κ2) is 12.0. The Morgan fingerprint density at radius 2 is 1.91 bits per heavy atom. The molecular weight excluding hydrogens is 590 g/mol. The number of hydrogen-bond acceptors (Lipinski definition) is 9. The molecular formula is C30H41N5O8S. The number of aliphatic hydroxyl groups excluding tert-OH is 1. The Balaban J connectivity index is 1.63. The highest BCUT2D eigenvalue weighted by Crippen LogP contribution is 2.45. The molecule has 13 nitrogen and oxygen atoms in total. The molecule has 4 rings (SSSR count). The minimum absolute atomic E-state index is 0.0118. The second-order valence-corrected chi connectivity index (χ2v) is 14.5. The van der Waals surface area contributed by atoms with Crippen molar-refractivity contribution in [1.82, 2.24) is 24.2 Å². The van der Waals surface area contributed by atoms with E-state index in [0.717, 1.165) is 15.3 Å². The molecule has 2 aromatic rings. The number of methoxy groups -OCH3 is 1. The number of amides is 3. The van der Waals surface area contributed by atoms with E-state index in [2.05, 4.69) is 16.9 Å². The summed E-state index contributed by atoms with van der Waals surface area (Å²) in [5, 5.41) is 14.3. The Hall–Kier alpha value is -3.75. The lowest BCUT2D eigenvalue weighted by Crippen LogP contribution is -2.58. The molecule has 1 saturated heterocycles. The molecule has 3 amide bonds. The van der Waals surface area contributed by atoms with Crippen LogP contribution in [0.1, 0.15) is 39.2 Å². The largest absolute Gasteiger partial charge is 0.496 e. The van der Waals surface area contributed by atoms with Crippen molar-refractivity contribution in [1.29, 1.82) is 0 Å². The minimum Gasteiger partial charge on any atom is -0.496 e. The summed E-state index contributed by atoms with van der Waals surface area (Å²) in [4.78, 5) is 46.3. The van der Waals surface area contributed by atoms with Gasteiger partial charge in [0.25, 0.3) is 11.8 Å². The summed E-state index contributed by atoms with van der Waals surface area (Å²) < 4.78 is 39.4. The molecule has 1 saturated carbocycles. The number of nitrogens with zero attached hydrogens (tertiary/aromatic N) is 3. The van der Waals surface area contributed by atoms with Gasteiger partial charge in [-0.1, -0.05) is 26.8 Å². The maximum Gasteiger partial charge on any atom is 0.303 e. The molecule has 44 heavy (non-hydrogen) atoms. The zero-order valence-corrected chi connectivity index (χ0v) is 26.9. The van der Waals surface area contributed by atoms with Crippen LogP contribution in [0.5, 0.6) is 11.5 Å². The number of benzene rings is 1. The average molecular weight is 632 g/mol. The smallest absolute Gasteiger partial charge is 0.303 e. The second-order valence-electron chi connectivity index (χ2n) is 12.6. The predicted octanol–water partition coefficient (Wildman–Crippen LogP) is 1.29. The van der Waals surface area contributed by atoms with Crippen LogP contribution in [0.2, 0.25) is 0 Å². The number of fused-ring (bicyclic) bond motifs is 1. The fourth-order valence-electron chi connectivity index (χ4n) is 5.36. The maximum atomic E-state index is 13.8. The SMILES string of the molecule is C=C[C@@H]1C[C@]1(NC(=O)[C@@H]1C[C@@H](Oc2ccnc3c(C)c(OC)ccc23)CN1C(=O)[C@@H](O)C(C)(C)C)C(=O)NS(=O)(=O)N(C)C. The molecule has 240 valence electrons. The van der Waals surface area contributed by atoms with Gasteiger partial charge in [0.05, 0.1) is 19.2 Å². The van der Waals surface area contributed by atoms with Crippen LogP contribution in [-0.4, -0.2) is 97.0 Å². The number of rotatable bonds is 10. The van der Waals surface area contributed by atoms with Gasteiger partial charge in [0.1, 0.15) is 35.3 Å². The summed E-state index contributed by atoms with van der Waals surface area (Å²) in [7, 11) is -0.0189. The molecule has 1 aromatic carbocycles. The number of hydrogen-bond donors (Lipinski definition) is 3. The van der Waals surface area contributed by atoms with Gasteiger partial charge in [0.2, 0.25) is 5.91 Å². The Kier molecular flexibility index (Phi) is 9.02. The van der Waals surface area contributed by atoms with E-state index in [0.29, 0.717) is 17.0 Å². The highest BCUT2D eigenvalue weighted by Gasteiger charge is 2.61. The molecule has 14 heteroatoms. The lowest BCUT2D eigenvalue weighted by Gasteiger charge is -2.32. The summed E-state index contributed by atoms with van der Waals surface area (Å²) in [6.45, 7) is 10.7. The van der Waals surface area contributed by atoms with Crippen LogP contribution in [0, 0.1) is 18.3 Å². The highest BCUT2D eigenvalue weighted by molar-refractivity contribution is 7.87. The fraction of sp³-hybridized carbons (Fsp3) is 0.533. The highest BCUT2D eigenvalue weighted by atomic mass is 32.2. The van der Waals surface area contributed by atoms with Gasteiger partial charge < -0.3 is 24.8 Å². The standard InChI is InChI=1S/C30H41N5O8S/c1-9-18-15-30(18,28(39)33-44(40,41)34(6)7)32-26(37)21-14-19(16-35(21)27(38)25(36)29(3,4)5)43-23-12-13-31-24-17(2)22(42-8)11-10-20(23)24/h9-13,18-19,21,25,36H,1,14-16H2,2-8H3,(H,32,37)(H,33,39)/t18-,19-,21+,25-,30-/m1/s1. The van der Waals surface area contributed by atoms with Crippen molar-refractivity contribution in [3.8, 4) is 11.5 Å². The molecule has 2 aliphatic rings. The van der Waals surface area contributed by atoms with Gasteiger partial charge in [-0.2, -0.15) is 12.7 Å². The Morgan fingerprint density at radius 3 is 2.48 bits per heavy atom. The minimum atomic E-state index is -4.13. The van der Waals surface area contributed by atoms with Crippen molar-refractivity contribution in [2.24, 2.45) is 11.3 Å². The third kappa shape index (κ3) is 6.24. The number of pyridine rings is 1. The first-order valence-electron chi connectivity index (χ1n) is 14.2. The number of ether oxygens (including phenoxy) is 2. The van der Waals surface area contributed by atoms with E-state index in [1.165, 1.54) is 25.1 Å². The Labute approximate surface area is 257 Å². The van der Waals surface area contributed by atoms with E-state index in [-0.39, 0.29) is 19.4 Å². The van der Waals surface area contributed by atoms with Gasteiger partial charge in [0.15, 0.2) is 0 Å². The number of likely N-dealkylation sites (tertiary alicyclic amines) is 1. The van der Waals surface area contributed by atoms with Crippen LogP contribution < -0.4 is 19.5 Å². The van der Waals surface area contributed by atoms with E-state index < -0.39 is 63.1 Å².